The van der Waals surface area contributed by atoms with Crippen molar-refractivity contribution in [3.63, 3.8) is 0 Å². The van der Waals surface area contributed by atoms with Crippen LogP contribution in [0.5, 0.6) is 5.75 Å². The Morgan fingerprint density at radius 3 is 2.62 bits per heavy atom. The molecule has 1 aromatic rings. The van der Waals surface area contributed by atoms with Crippen LogP contribution in [0.4, 0.5) is 4.39 Å². The Kier molecular flexibility index (Phi) is 4.67. The molecule has 4 nitrogen and oxygen atoms in total. The molecule has 0 aliphatic rings. The van der Waals surface area contributed by atoms with Crippen molar-refractivity contribution in [3.05, 3.63) is 29.1 Å². The van der Waals surface area contributed by atoms with Gasteiger partial charge in [-0.1, -0.05) is 6.07 Å². The van der Waals surface area contributed by atoms with E-state index in [1.165, 1.54) is 20.3 Å². The summed E-state index contributed by atoms with van der Waals surface area (Å²) in [6.07, 6.45) is 0. The average molecular weight is 229 g/mol. The van der Waals surface area contributed by atoms with E-state index in [1.54, 1.807) is 6.07 Å². The van der Waals surface area contributed by atoms with E-state index in [2.05, 4.69) is 0 Å². The smallest absolute Gasteiger partial charge is 0.137 e. The summed E-state index contributed by atoms with van der Waals surface area (Å²) in [5.74, 6) is -0.0732. The number of nitrogens with two attached hydrogens (primary N) is 1. The van der Waals surface area contributed by atoms with Crippen molar-refractivity contribution in [1.29, 1.82) is 0 Å². The number of benzene rings is 1. The van der Waals surface area contributed by atoms with Crippen LogP contribution in [0, 0.1) is 5.82 Å². The van der Waals surface area contributed by atoms with Gasteiger partial charge in [0.2, 0.25) is 0 Å². The second-order valence-electron chi connectivity index (χ2n) is 3.37. The van der Waals surface area contributed by atoms with Crippen LogP contribution in [0.2, 0.25) is 0 Å². The first-order valence-electron chi connectivity index (χ1n) is 4.86. The SMILES string of the molecule is COCc1c(OC)ccc(C(N)CO)c1F. The summed E-state index contributed by atoms with van der Waals surface area (Å²) < 4.78 is 23.9. The van der Waals surface area contributed by atoms with Crippen molar-refractivity contribution in [2.24, 2.45) is 5.73 Å². The molecule has 5 heteroatoms. The van der Waals surface area contributed by atoms with Crippen molar-refractivity contribution in [2.45, 2.75) is 12.6 Å². The molecule has 0 fully saturated rings. The van der Waals surface area contributed by atoms with Crippen molar-refractivity contribution in [1.82, 2.24) is 0 Å². The van der Waals surface area contributed by atoms with E-state index in [4.69, 9.17) is 20.3 Å². The summed E-state index contributed by atoms with van der Waals surface area (Å²) in [6, 6.07) is 2.39. The zero-order valence-corrected chi connectivity index (χ0v) is 9.37. The number of hydrogen-bond acceptors (Lipinski definition) is 4. The van der Waals surface area contributed by atoms with Crippen LogP contribution in [-0.2, 0) is 11.3 Å². The molecule has 0 bridgehead atoms. The first kappa shape index (κ1) is 12.9. The van der Waals surface area contributed by atoms with Crippen molar-refractivity contribution in [2.75, 3.05) is 20.8 Å². The lowest BCUT2D eigenvalue weighted by atomic mass is 10.0. The highest BCUT2D eigenvalue weighted by Gasteiger charge is 2.17. The number of hydrogen-bond donors (Lipinski definition) is 2. The fourth-order valence-corrected chi connectivity index (χ4v) is 1.48. The maximum atomic E-state index is 14.0. The van der Waals surface area contributed by atoms with Crippen molar-refractivity contribution < 1.29 is 19.0 Å². The molecule has 3 N–H and O–H groups in total. The van der Waals surface area contributed by atoms with Gasteiger partial charge in [-0.15, -0.1) is 0 Å². The van der Waals surface area contributed by atoms with Crippen LogP contribution < -0.4 is 10.5 Å². The molecule has 1 atom stereocenters. The first-order valence-corrected chi connectivity index (χ1v) is 4.86. The summed E-state index contributed by atoms with van der Waals surface area (Å²) in [7, 11) is 2.93. The van der Waals surface area contributed by atoms with Crippen LogP contribution in [0.1, 0.15) is 17.2 Å². The maximum absolute atomic E-state index is 14.0. The number of aliphatic hydroxyl groups excluding tert-OH is 1. The van der Waals surface area contributed by atoms with Gasteiger partial charge >= 0.3 is 0 Å². The van der Waals surface area contributed by atoms with E-state index < -0.39 is 11.9 Å². The van der Waals surface area contributed by atoms with Gasteiger partial charge in [0.15, 0.2) is 0 Å². The van der Waals surface area contributed by atoms with E-state index in [1.807, 2.05) is 0 Å². The highest BCUT2D eigenvalue weighted by Crippen LogP contribution is 2.27. The quantitative estimate of drug-likeness (QED) is 0.789. The van der Waals surface area contributed by atoms with E-state index in [-0.39, 0.29) is 18.8 Å². The van der Waals surface area contributed by atoms with Crippen LogP contribution in [-0.4, -0.2) is 25.9 Å². The lowest BCUT2D eigenvalue weighted by molar-refractivity contribution is 0.177. The molecule has 0 aliphatic carbocycles. The van der Waals surface area contributed by atoms with Crippen molar-refractivity contribution in [3.8, 4) is 5.75 Å². The molecule has 0 heterocycles. The summed E-state index contributed by atoms with van der Waals surface area (Å²) in [4.78, 5) is 0. The van der Waals surface area contributed by atoms with Gasteiger partial charge in [0, 0.05) is 12.7 Å². The molecule has 0 radical (unpaired) electrons. The third kappa shape index (κ3) is 2.49. The standard InChI is InChI=1S/C11H16FNO3/c1-15-6-8-10(16-2)4-3-7(11(8)12)9(13)5-14/h3-4,9,14H,5-6,13H2,1-2H3. The van der Waals surface area contributed by atoms with Gasteiger partial charge in [-0.2, -0.15) is 0 Å². The van der Waals surface area contributed by atoms with Gasteiger partial charge in [-0.05, 0) is 6.07 Å². The van der Waals surface area contributed by atoms with Crippen LogP contribution in [0.15, 0.2) is 12.1 Å². The fourth-order valence-electron chi connectivity index (χ4n) is 1.48. The zero-order valence-electron chi connectivity index (χ0n) is 9.37. The van der Waals surface area contributed by atoms with E-state index in [0.717, 1.165) is 0 Å². The van der Waals surface area contributed by atoms with Gasteiger partial charge in [0.1, 0.15) is 11.6 Å². The summed E-state index contributed by atoms with van der Waals surface area (Å²) >= 11 is 0. The third-order valence-corrected chi connectivity index (χ3v) is 2.33. The molecular weight excluding hydrogens is 213 g/mol. The second kappa shape index (κ2) is 5.79. The van der Waals surface area contributed by atoms with Crippen LogP contribution >= 0.6 is 0 Å². The monoisotopic (exact) mass is 229 g/mol. The lowest BCUT2D eigenvalue weighted by Crippen LogP contribution is -2.17. The Morgan fingerprint density at radius 1 is 1.44 bits per heavy atom. The number of methoxy groups -OCH3 is 2. The highest BCUT2D eigenvalue weighted by atomic mass is 19.1. The molecule has 0 saturated carbocycles. The molecule has 0 amide bonds. The van der Waals surface area contributed by atoms with E-state index in [9.17, 15) is 4.39 Å². The summed E-state index contributed by atoms with van der Waals surface area (Å²) in [6.45, 7) is -0.212. The van der Waals surface area contributed by atoms with Crippen LogP contribution in [0.3, 0.4) is 0 Å². The largest absolute Gasteiger partial charge is 0.496 e. The van der Waals surface area contributed by atoms with Crippen LogP contribution in [0.25, 0.3) is 0 Å². The molecule has 0 spiro atoms. The summed E-state index contributed by atoms with van der Waals surface area (Å²) in [5, 5.41) is 8.91. The first-order chi connectivity index (χ1) is 7.65. The predicted octanol–water partition coefficient (Wildman–Crippen LogP) is 0.973. The molecular formula is C11H16FNO3. The molecule has 1 unspecified atom stereocenters. The Labute approximate surface area is 93.8 Å². The van der Waals surface area contributed by atoms with E-state index >= 15 is 0 Å². The highest BCUT2D eigenvalue weighted by molar-refractivity contribution is 5.39. The van der Waals surface area contributed by atoms with Crippen molar-refractivity contribution >= 4 is 0 Å². The number of halogens is 1. The minimum absolute atomic E-state index is 0.0982. The maximum Gasteiger partial charge on any atom is 0.137 e. The lowest BCUT2D eigenvalue weighted by Gasteiger charge is -2.15. The zero-order chi connectivity index (χ0) is 12.1. The number of aliphatic hydroxyl groups is 1. The van der Waals surface area contributed by atoms with Gasteiger partial charge < -0.3 is 20.3 Å². The molecule has 1 rings (SSSR count). The molecule has 90 valence electrons. The molecule has 16 heavy (non-hydrogen) atoms. The Balaban J connectivity index is 3.20. The second-order valence-corrected chi connectivity index (χ2v) is 3.37. The Morgan fingerprint density at radius 2 is 2.12 bits per heavy atom. The minimum atomic E-state index is -0.735. The minimum Gasteiger partial charge on any atom is -0.496 e. The Bertz CT molecular complexity index is 357. The van der Waals surface area contributed by atoms with Gasteiger partial charge in [0.05, 0.1) is 31.9 Å². The molecule has 1 aromatic carbocycles. The van der Waals surface area contributed by atoms with E-state index in [0.29, 0.717) is 11.3 Å². The number of ether oxygens (including phenoxy) is 2. The summed E-state index contributed by atoms with van der Waals surface area (Å²) in [5.41, 5.74) is 6.15. The van der Waals surface area contributed by atoms with Gasteiger partial charge in [0.25, 0.3) is 0 Å². The van der Waals surface area contributed by atoms with Gasteiger partial charge in [-0.25, -0.2) is 4.39 Å². The normalized spacial score (nSPS) is 12.6. The topological polar surface area (TPSA) is 64.7 Å². The Hall–Kier alpha value is -1.17. The predicted molar refractivity (Wildman–Crippen MR) is 57.7 cm³/mol. The fraction of sp³-hybridized carbons (Fsp3) is 0.455. The molecule has 0 aromatic heterocycles. The molecule has 0 saturated heterocycles. The average Bonchev–Trinajstić information content (AvgIpc) is 2.31. The number of rotatable bonds is 5. The van der Waals surface area contributed by atoms with Gasteiger partial charge in [-0.3, -0.25) is 0 Å². The third-order valence-electron chi connectivity index (χ3n) is 2.33. The molecule has 0 aliphatic heterocycles.